The lowest BCUT2D eigenvalue weighted by atomic mass is 10.1. The van der Waals surface area contributed by atoms with E-state index in [9.17, 15) is 4.79 Å². The summed E-state index contributed by atoms with van der Waals surface area (Å²) in [5.41, 5.74) is 1.78. The van der Waals surface area contributed by atoms with E-state index >= 15 is 0 Å². The van der Waals surface area contributed by atoms with Crippen LogP contribution < -0.4 is 5.32 Å². The van der Waals surface area contributed by atoms with Gasteiger partial charge in [-0.3, -0.25) is 9.48 Å². The number of carbonyl (C=O) groups excluding carboxylic acids is 1. The van der Waals surface area contributed by atoms with Crippen molar-refractivity contribution in [1.82, 2.24) is 15.1 Å². The van der Waals surface area contributed by atoms with Gasteiger partial charge in [-0.1, -0.05) is 24.3 Å². The Morgan fingerprint density at radius 2 is 2.35 bits per heavy atom. The van der Waals surface area contributed by atoms with Crippen LogP contribution in [-0.2, 0) is 6.54 Å². The second-order valence-electron chi connectivity index (χ2n) is 4.99. The van der Waals surface area contributed by atoms with Crippen LogP contribution in [0, 0.1) is 0 Å². The second-order valence-corrected chi connectivity index (χ2v) is 4.99. The lowest BCUT2D eigenvalue weighted by Gasteiger charge is -2.11. The average molecular weight is 267 g/mol. The van der Waals surface area contributed by atoms with Gasteiger partial charge in [0.05, 0.1) is 6.54 Å². The maximum absolute atomic E-state index is 12.2. The number of nitrogens with one attached hydrogen (secondary N) is 1. The Bertz CT molecular complexity index is 616. The van der Waals surface area contributed by atoms with Crippen molar-refractivity contribution in [3.8, 4) is 0 Å². The molecule has 1 N–H and O–H groups in total. The molecule has 1 amide bonds. The molecule has 1 atom stereocenters. The maximum Gasteiger partial charge on any atom is 0.251 e. The Hall–Kier alpha value is -2.36. The first-order chi connectivity index (χ1) is 9.81. The monoisotopic (exact) mass is 267 g/mol. The van der Waals surface area contributed by atoms with E-state index in [1.165, 1.54) is 0 Å². The SMILES string of the molecule is O=C(NC1C=CCC1)c1cccc(Cn2cccn2)c1. The van der Waals surface area contributed by atoms with Gasteiger partial charge in [0.1, 0.15) is 0 Å². The molecule has 0 radical (unpaired) electrons. The normalized spacial score (nSPS) is 17.3. The second kappa shape index (κ2) is 5.74. The molecule has 0 bridgehead atoms. The summed E-state index contributed by atoms with van der Waals surface area (Å²) in [7, 11) is 0. The first kappa shape index (κ1) is 12.7. The molecule has 1 heterocycles. The smallest absolute Gasteiger partial charge is 0.251 e. The van der Waals surface area contributed by atoms with Crippen LogP contribution in [0.2, 0.25) is 0 Å². The molecule has 4 nitrogen and oxygen atoms in total. The van der Waals surface area contributed by atoms with Crippen LogP contribution in [-0.4, -0.2) is 21.7 Å². The van der Waals surface area contributed by atoms with Crippen molar-refractivity contribution in [3.63, 3.8) is 0 Å². The van der Waals surface area contributed by atoms with Crippen LogP contribution in [0.4, 0.5) is 0 Å². The molecular weight excluding hydrogens is 250 g/mol. The molecule has 0 spiro atoms. The van der Waals surface area contributed by atoms with Gasteiger partial charge in [-0.05, 0) is 36.6 Å². The van der Waals surface area contributed by atoms with E-state index in [4.69, 9.17) is 0 Å². The van der Waals surface area contributed by atoms with Crippen molar-refractivity contribution >= 4 is 5.91 Å². The standard InChI is InChI=1S/C16H17N3O/c20-16(18-15-7-1-2-8-15)14-6-3-5-13(11-14)12-19-10-4-9-17-19/h1,3-7,9-11,15H,2,8,12H2,(H,18,20). The first-order valence-electron chi connectivity index (χ1n) is 6.85. The topological polar surface area (TPSA) is 46.9 Å². The van der Waals surface area contributed by atoms with E-state index in [-0.39, 0.29) is 11.9 Å². The van der Waals surface area contributed by atoms with Crippen molar-refractivity contribution in [2.75, 3.05) is 0 Å². The Kier molecular flexibility index (Phi) is 3.63. The number of amides is 1. The fraction of sp³-hybridized carbons (Fsp3) is 0.250. The van der Waals surface area contributed by atoms with E-state index in [1.54, 1.807) is 6.20 Å². The summed E-state index contributed by atoms with van der Waals surface area (Å²) in [4.78, 5) is 12.2. The molecule has 4 heteroatoms. The Morgan fingerprint density at radius 3 is 3.10 bits per heavy atom. The van der Waals surface area contributed by atoms with Gasteiger partial charge in [-0.25, -0.2) is 0 Å². The third-order valence-corrected chi connectivity index (χ3v) is 3.42. The number of aromatic nitrogens is 2. The largest absolute Gasteiger partial charge is 0.346 e. The van der Waals surface area contributed by atoms with Gasteiger partial charge >= 0.3 is 0 Å². The molecule has 102 valence electrons. The van der Waals surface area contributed by atoms with Crippen molar-refractivity contribution in [2.45, 2.75) is 25.4 Å². The fourth-order valence-corrected chi connectivity index (χ4v) is 2.40. The Morgan fingerprint density at radius 1 is 1.40 bits per heavy atom. The van der Waals surface area contributed by atoms with E-state index in [0.29, 0.717) is 12.1 Å². The third kappa shape index (κ3) is 2.96. The summed E-state index contributed by atoms with van der Waals surface area (Å²) in [5.74, 6) is -0.0103. The number of benzene rings is 1. The van der Waals surface area contributed by atoms with Gasteiger partial charge < -0.3 is 5.32 Å². The average Bonchev–Trinajstić information content (AvgIpc) is 3.12. The van der Waals surface area contributed by atoms with Crippen molar-refractivity contribution in [2.24, 2.45) is 0 Å². The number of hydrogen-bond acceptors (Lipinski definition) is 2. The third-order valence-electron chi connectivity index (χ3n) is 3.42. The van der Waals surface area contributed by atoms with Crippen LogP contribution in [0.15, 0.2) is 54.9 Å². The lowest BCUT2D eigenvalue weighted by molar-refractivity contribution is 0.0944. The van der Waals surface area contributed by atoms with E-state index < -0.39 is 0 Å². The highest BCUT2D eigenvalue weighted by Gasteiger charge is 2.13. The minimum Gasteiger partial charge on any atom is -0.346 e. The number of hydrogen-bond donors (Lipinski definition) is 1. The molecule has 0 fully saturated rings. The fourth-order valence-electron chi connectivity index (χ4n) is 2.40. The highest BCUT2D eigenvalue weighted by molar-refractivity contribution is 5.94. The molecule has 1 aromatic heterocycles. The zero-order valence-electron chi connectivity index (χ0n) is 11.2. The Balaban J connectivity index is 1.70. The summed E-state index contributed by atoms with van der Waals surface area (Å²) in [6.07, 6.45) is 9.88. The number of allylic oxidation sites excluding steroid dienone is 1. The van der Waals surface area contributed by atoms with Gasteiger partial charge in [0.25, 0.3) is 5.91 Å². The molecule has 3 rings (SSSR count). The van der Waals surface area contributed by atoms with Gasteiger partial charge in [-0.2, -0.15) is 5.10 Å². The van der Waals surface area contributed by atoms with Gasteiger partial charge in [0, 0.05) is 24.0 Å². The molecular formula is C16H17N3O. The van der Waals surface area contributed by atoms with E-state index in [0.717, 1.165) is 18.4 Å². The predicted octanol–water partition coefficient (Wildman–Crippen LogP) is 2.38. The molecule has 1 unspecified atom stereocenters. The molecule has 0 aliphatic heterocycles. The van der Waals surface area contributed by atoms with E-state index in [2.05, 4.69) is 22.6 Å². The maximum atomic E-state index is 12.2. The molecule has 1 aliphatic rings. The summed E-state index contributed by atoms with van der Waals surface area (Å²) >= 11 is 0. The van der Waals surface area contributed by atoms with Crippen molar-refractivity contribution in [1.29, 1.82) is 0 Å². The van der Waals surface area contributed by atoms with Crippen molar-refractivity contribution in [3.05, 3.63) is 66.0 Å². The van der Waals surface area contributed by atoms with Gasteiger partial charge in [0.15, 0.2) is 0 Å². The number of rotatable bonds is 4. The minimum absolute atomic E-state index is 0.0103. The number of nitrogens with zero attached hydrogens (tertiary/aromatic N) is 2. The zero-order chi connectivity index (χ0) is 13.8. The molecule has 1 aliphatic carbocycles. The lowest BCUT2D eigenvalue weighted by Crippen LogP contribution is -2.32. The zero-order valence-corrected chi connectivity index (χ0v) is 11.2. The number of carbonyl (C=O) groups is 1. The van der Waals surface area contributed by atoms with Crippen LogP contribution >= 0.6 is 0 Å². The van der Waals surface area contributed by atoms with Crippen LogP contribution in [0.3, 0.4) is 0 Å². The highest BCUT2D eigenvalue weighted by atomic mass is 16.1. The summed E-state index contributed by atoms with van der Waals surface area (Å²) in [6, 6.07) is 9.77. The quantitative estimate of drug-likeness (QED) is 0.865. The minimum atomic E-state index is -0.0103. The molecule has 0 saturated carbocycles. The summed E-state index contributed by atoms with van der Waals surface area (Å²) in [6.45, 7) is 0.678. The predicted molar refractivity (Wildman–Crippen MR) is 77.4 cm³/mol. The molecule has 20 heavy (non-hydrogen) atoms. The highest BCUT2D eigenvalue weighted by Crippen LogP contribution is 2.11. The van der Waals surface area contributed by atoms with Crippen molar-refractivity contribution < 1.29 is 4.79 Å². The summed E-state index contributed by atoms with van der Waals surface area (Å²) in [5, 5.41) is 7.21. The molecule has 1 aromatic carbocycles. The first-order valence-corrected chi connectivity index (χ1v) is 6.85. The molecule has 0 saturated heterocycles. The molecule has 2 aromatic rings. The van der Waals surface area contributed by atoms with Crippen LogP contribution in [0.25, 0.3) is 0 Å². The summed E-state index contributed by atoms with van der Waals surface area (Å²) < 4.78 is 1.84. The van der Waals surface area contributed by atoms with Gasteiger partial charge in [0.2, 0.25) is 0 Å². The van der Waals surface area contributed by atoms with Crippen LogP contribution in [0.5, 0.6) is 0 Å². The Labute approximate surface area is 118 Å². The van der Waals surface area contributed by atoms with E-state index in [1.807, 2.05) is 41.2 Å². The van der Waals surface area contributed by atoms with Gasteiger partial charge in [-0.15, -0.1) is 0 Å². The van der Waals surface area contributed by atoms with Crippen LogP contribution in [0.1, 0.15) is 28.8 Å².